The summed E-state index contributed by atoms with van der Waals surface area (Å²) in [6.45, 7) is 4.65. The lowest BCUT2D eigenvalue weighted by Crippen LogP contribution is -2.61. The Morgan fingerprint density at radius 1 is 0.482 bits per heavy atom. The van der Waals surface area contributed by atoms with Crippen LogP contribution < -0.4 is 69.5 Å². The molecule has 11 atom stereocenters. The van der Waals surface area contributed by atoms with Crippen LogP contribution in [0.1, 0.15) is 73.6 Å². The van der Waals surface area contributed by atoms with Crippen LogP contribution in [-0.2, 0) is 76.7 Å². The Balaban J connectivity index is 2.82. The number of nitrogens with one attached hydrogen (secondary N) is 12. The van der Waals surface area contributed by atoms with Crippen molar-refractivity contribution in [3.63, 3.8) is 0 Å². The summed E-state index contributed by atoms with van der Waals surface area (Å²) in [6.07, 6.45) is -1.33. The molecule has 1 saturated heterocycles. The predicted octanol–water partition coefficient (Wildman–Crippen LogP) is -9.36. The van der Waals surface area contributed by atoms with Crippen molar-refractivity contribution < 1.29 is 102 Å². The first-order valence-corrected chi connectivity index (χ1v) is 27.7. The molecule has 0 aromatic heterocycles. The fraction of sp³-hybridized carbons (Fsp3) is 0.667. The first kappa shape index (κ1) is 75.1. The van der Waals surface area contributed by atoms with Crippen molar-refractivity contribution in [1.82, 2.24) is 68.7 Å². The van der Waals surface area contributed by atoms with Gasteiger partial charge >= 0.3 is 17.9 Å². The molecular formula is C48H78N14O21S2. The molecule has 1 fully saturated rings. The number of carboxylic acids is 3. The van der Waals surface area contributed by atoms with Crippen molar-refractivity contribution in [3.05, 3.63) is 0 Å². The number of carbonyl (C=O) groups excluding carboxylic acids is 13. The molecule has 478 valence electrons. The maximum Gasteiger partial charge on any atom is 0.327 e. The Bertz CT molecular complexity index is 2460. The predicted molar refractivity (Wildman–Crippen MR) is 299 cm³/mol. The number of aliphatic carboxylic acids is 3. The SMILES string of the molecule is CC(C)C[C@H](NC(=O)[C@@H]1CCCN1C(=O)CNC(=O)CNC(=O)[C@H](C)NC(=O)[C@H](CC(=O)O)NC(=O)CNC(=O)[C@H](CO)NC(=O)[C@H](CS)NC(=O)[C@H](CO)NC(=O)[C@H](CC(=O)O)NC(=O)[C@@H](N)C(C)C)C(=O)N[C@@H](C)C(=O)N[C@@H](CS)C(=O)O. The first-order valence-electron chi connectivity index (χ1n) is 26.4. The minimum absolute atomic E-state index is 0.101. The summed E-state index contributed by atoms with van der Waals surface area (Å²) in [4.78, 5) is 204. The lowest BCUT2D eigenvalue weighted by atomic mass is 10.0. The van der Waals surface area contributed by atoms with Crippen LogP contribution in [0.15, 0.2) is 0 Å². The van der Waals surface area contributed by atoms with Crippen molar-refractivity contribution in [3.8, 4) is 0 Å². The molecular weight excluding hydrogens is 1170 g/mol. The van der Waals surface area contributed by atoms with Crippen molar-refractivity contribution in [2.75, 3.05) is 50.9 Å². The van der Waals surface area contributed by atoms with Crippen molar-refractivity contribution in [2.45, 2.75) is 140 Å². The molecule has 0 radical (unpaired) electrons. The lowest BCUT2D eigenvalue weighted by molar-refractivity contribution is -0.142. The van der Waals surface area contributed by atoms with E-state index in [1.807, 2.05) is 10.6 Å². The number of carbonyl (C=O) groups is 16. The normalized spacial score (nSPS) is 16.3. The second-order valence-corrected chi connectivity index (χ2v) is 20.8. The van der Waals surface area contributed by atoms with Crippen LogP contribution in [0, 0.1) is 11.8 Å². The summed E-state index contributed by atoms with van der Waals surface area (Å²) in [6, 6.07) is -16.3. The zero-order valence-corrected chi connectivity index (χ0v) is 49.2. The summed E-state index contributed by atoms with van der Waals surface area (Å²) in [7, 11) is 0. The van der Waals surface area contributed by atoms with Crippen LogP contribution in [0.4, 0.5) is 0 Å². The molecule has 1 heterocycles. The fourth-order valence-corrected chi connectivity index (χ4v) is 7.99. The summed E-state index contributed by atoms with van der Waals surface area (Å²) in [5, 5.41) is 74.1. The molecule has 35 nitrogen and oxygen atoms in total. The minimum atomic E-state index is -1.88. The summed E-state index contributed by atoms with van der Waals surface area (Å²) < 4.78 is 0. The van der Waals surface area contributed by atoms with Crippen LogP contribution >= 0.6 is 25.3 Å². The van der Waals surface area contributed by atoms with E-state index < -0.39 is 219 Å². The van der Waals surface area contributed by atoms with E-state index in [9.17, 15) is 102 Å². The highest BCUT2D eigenvalue weighted by molar-refractivity contribution is 7.80. The Kier molecular flexibility index (Phi) is 33.1. The van der Waals surface area contributed by atoms with E-state index in [2.05, 4.69) is 78.4 Å². The topological polar surface area (TPSA) is 548 Å². The maximum atomic E-state index is 13.5. The average Bonchev–Trinajstić information content (AvgIpc) is 4.17. The molecule has 0 aliphatic carbocycles. The van der Waals surface area contributed by atoms with E-state index in [-0.39, 0.29) is 31.1 Å². The Morgan fingerprint density at radius 3 is 1.42 bits per heavy atom. The van der Waals surface area contributed by atoms with Crippen LogP contribution in [0.5, 0.6) is 0 Å². The van der Waals surface area contributed by atoms with Gasteiger partial charge in [0.15, 0.2) is 0 Å². The largest absolute Gasteiger partial charge is 0.481 e. The molecule has 19 N–H and O–H groups in total. The summed E-state index contributed by atoms with van der Waals surface area (Å²) in [5.74, 6) is -18.7. The number of carboxylic acid groups (broad SMARTS) is 3. The van der Waals surface area contributed by atoms with Crippen LogP contribution in [-0.4, -0.2) is 242 Å². The molecule has 0 aromatic carbocycles. The van der Waals surface area contributed by atoms with Crippen LogP contribution in [0.25, 0.3) is 0 Å². The zero-order valence-electron chi connectivity index (χ0n) is 47.4. The number of aliphatic hydroxyl groups is 2. The van der Waals surface area contributed by atoms with Gasteiger partial charge in [0.2, 0.25) is 76.8 Å². The Labute approximate surface area is 497 Å². The van der Waals surface area contributed by atoms with Gasteiger partial charge in [0.1, 0.15) is 60.4 Å². The van der Waals surface area contributed by atoms with E-state index in [0.717, 1.165) is 6.92 Å². The monoisotopic (exact) mass is 1250 g/mol. The van der Waals surface area contributed by atoms with E-state index in [1.165, 1.54) is 11.8 Å². The highest BCUT2D eigenvalue weighted by Gasteiger charge is 2.38. The number of rotatable bonds is 37. The zero-order chi connectivity index (χ0) is 65.0. The van der Waals surface area contributed by atoms with Crippen LogP contribution in [0.3, 0.4) is 0 Å². The van der Waals surface area contributed by atoms with Crippen molar-refractivity contribution >= 4 is 120 Å². The molecule has 1 aliphatic heterocycles. The highest BCUT2D eigenvalue weighted by Crippen LogP contribution is 2.18. The molecule has 0 unspecified atom stereocenters. The van der Waals surface area contributed by atoms with Gasteiger partial charge in [-0.05, 0) is 44.9 Å². The standard InChI is InChI=1S/C48H78N14O21S2/c1-20(2)10-24(41(75)54-23(6)39(73)61-30(19-85)48(82)83)56-46(80)31-8-7-9-62(31)34(67)15-50-32(65)13-51-38(72)22(5)53-42(76)25(11-35(68)69)55-33(66)14-52-40(74)27(16-63)58-45(79)29(18-84)60-44(78)28(17-64)59-43(77)26(12-36(70)71)57-47(81)37(49)21(3)4/h20-31,37,63-64,84-85H,7-19,49H2,1-6H3,(H,50,65)(H,51,72)(H,52,74)(H,53,76)(H,54,75)(H,55,66)(H,56,80)(H,57,81)(H,58,79)(H,59,77)(H,60,78)(H,61,73)(H,68,69)(H,70,71)(H,82,83)/t22-,23-,24-,25-,26-,27-,28-,29-,30-,31-,37-/m0/s1. The number of nitrogens with two attached hydrogens (primary N) is 1. The third kappa shape index (κ3) is 26.7. The van der Waals surface area contributed by atoms with Gasteiger partial charge in [-0.1, -0.05) is 27.7 Å². The molecule has 0 aromatic rings. The quantitative estimate of drug-likeness (QED) is 0.0257. The Hall–Kier alpha value is -7.90. The average molecular weight is 1250 g/mol. The lowest BCUT2D eigenvalue weighted by Gasteiger charge is -2.28. The number of aliphatic hydroxyl groups excluding tert-OH is 2. The summed E-state index contributed by atoms with van der Waals surface area (Å²) in [5.41, 5.74) is 5.76. The second-order valence-electron chi connectivity index (χ2n) is 20.1. The number of likely N-dealkylation sites (tertiary alicyclic amines) is 1. The molecule has 13 amide bonds. The van der Waals surface area contributed by atoms with Gasteiger partial charge < -0.3 is 100.0 Å². The van der Waals surface area contributed by atoms with Gasteiger partial charge in [-0.15, -0.1) is 0 Å². The Morgan fingerprint density at radius 2 is 0.918 bits per heavy atom. The van der Waals surface area contributed by atoms with Gasteiger partial charge in [-0.2, -0.15) is 25.3 Å². The van der Waals surface area contributed by atoms with Gasteiger partial charge in [0.05, 0.1) is 51.7 Å². The third-order valence-electron chi connectivity index (χ3n) is 12.3. The third-order valence-corrected chi connectivity index (χ3v) is 13.0. The van der Waals surface area contributed by atoms with Gasteiger partial charge in [-0.3, -0.25) is 71.9 Å². The summed E-state index contributed by atoms with van der Waals surface area (Å²) >= 11 is 7.87. The number of thiol groups is 2. The van der Waals surface area contributed by atoms with Gasteiger partial charge in [-0.25, -0.2) is 4.79 Å². The minimum Gasteiger partial charge on any atom is -0.481 e. The number of hydrogen-bond donors (Lipinski definition) is 20. The van der Waals surface area contributed by atoms with E-state index in [4.69, 9.17) is 5.73 Å². The highest BCUT2D eigenvalue weighted by atomic mass is 32.1. The molecule has 0 bridgehead atoms. The second kappa shape index (κ2) is 37.4. The molecule has 1 aliphatic rings. The maximum absolute atomic E-state index is 13.5. The van der Waals surface area contributed by atoms with Crippen LogP contribution in [0.2, 0.25) is 0 Å². The molecule has 1 rings (SSSR count). The molecule has 0 spiro atoms. The first-order chi connectivity index (χ1) is 39.7. The smallest absolute Gasteiger partial charge is 0.327 e. The fourth-order valence-electron chi connectivity index (χ4n) is 7.48. The van der Waals surface area contributed by atoms with Crippen molar-refractivity contribution in [2.24, 2.45) is 17.6 Å². The van der Waals surface area contributed by atoms with Crippen molar-refractivity contribution in [1.29, 1.82) is 0 Å². The molecule has 0 saturated carbocycles. The number of hydrogen-bond acceptors (Lipinski definition) is 21. The molecule has 85 heavy (non-hydrogen) atoms. The van der Waals surface area contributed by atoms with E-state index in [1.54, 1.807) is 27.7 Å². The number of nitrogens with zero attached hydrogens (tertiary/aromatic N) is 1. The number of amides is 13. The molecule has 37 heteroatoms. The van der Waals surface area contributed by atoms with Gasteiger partial charge in [0.25, 0.3) is 0 Å². The van der Waals surface area contributed by atoms with Gasteiger partial charge in [0, 0.05) is 18.1 Å². The van der Waals surface area contributed by atoms with E-state index >= 15 is 0 Å². The van der Waals surface area contributed by atoms with E-state index in [0.29, 0.717) is 6.42 Å².